The Morgan fingerprint density at radius 1 is 1.11 bits per heavy atom. The highest BCUT2D eigenvalue weighted by Crippen LogP contribution is 2.45. The summed E-state index contributed by atoms with van der Waals surface area (Å²) in [6, 6.07) is 0. The highest BCUT2D eigenvalue weighted by molar-refractivity contribution is 7.93. The van der Waals surface area contributed by atoms with E-state index >= 15 is 0 Å². The van der Waals surface area contributed by atoms with Crippen molar-refractivity contribution in [3.05, 3.63) is 35.4 Å². The normalized spacial score (nSPS) is 19.1. The van der Waals surface area contributed by atoms with Gasteiger partial charge in [-0.2, -0.15) is 9.97 Å². The van der Waals surface area contributed by atoms with E-state index in [1.807, 2.05) is 0 Å². The molecular formula is C21H26ClFN8O5S. The van der Waals surface area contributed by atoms with E-state index in [4.69, 9.17) is 25.8 Å². The third-order valence-corrected chi connectivity index (χ3v) is 8.19. The molecule has 4 atom stereocenters. The standard InChI is InChI=1S/C21H26ClFN8O5S/c1-11(16(34-2)17-24-8-13(22)9-25-17)37(32,33)30-21-29-28-18(14-6-5-12(14)7-23)31(21)15-19(35-3)26-10-27-20(15)36-4/h8-12,14,16H,5-7H2,1-4H3,(H,29,30)/t11?,12-,14+,16?/m0/s1. The zero-order valence-corrected chi connectivity index (χ0v) is 22.1. The van der Waals surface area contributed by atoms with E-state index in [-0.39, 0.29) is 41.1 Å². The molecule has 0 amide bonds. The summed E-state index contributed by atoms with van der Waals surface area (Å²) in [5.74, 6) is -0.139. The molecular weight excluding hydrogens is 531 g/mol. The van der Waals surface area contributed by atoms with E-state index in [9.17, 15) is 12.8 Å². The van der Waals surface area contributed by atoms with Crippen LogP contribution in [0.3, 0.4) is 0 Å². The SMILES string of the molecule is COc1ncnc(OC)c1-n1c(NS(=O)(=O)C(C)C(OC)c2ncc(Cl)cn2)nnc1[C@@H]1CC[C@H]1CF. The highest BCUT2D eigenvalue weighted by Gasteiger charge is 2.40. The molecule has 3 aromatic heterocycles. The molecule has 16 heteroatoms. The third kappa shape index (κ3) is 5.15. The Kier molecular flexibility index (Phi) is 8.04. The summed E-state index contributed by atoms with van der Waals surface area (Å²) in [6.07, 6.45) is 4.21. The van der Waals surface area contributed by atoms with E-state index in [1.54, 1.807) is 0 Å². The molecule has 37 heavy (non-hydrogen) atoms. The largest absolute Gasteiger partial charge is 0.479 e. The van der Waals surface area contributed by atoms with Crippen molar-refractivity contribution in [1.29, 1.82) is 0 Å². The maximum absolute atomic E-state index is 13.6. The second kappa shape index (κ2) is 11.1. The number of ether oxygens (including phenoxy) is 3. The number of hydrogen-bond donors (Lipinski definition) is 1. The number of nitrogens with zero attached hydrogens (tertiary/aromatic N) is 7. The third-order valence-electron chi connectivity index (χ3n) is 6.30. The van der Waals surface area contributed by atoms with E-state index in [2.05, 4.69) is 34.9 Å². The summed E-state index contributed by atoms with van der Waals surface area (Å²) in [5.41, 5.74) is 0.173. The zero-order chi connectivity index (χ0) is 26.7. The molecule has 3 heterocycles. The van der Waals surface area contributed by atoms with Crippen LogP contribution < -0.4 is 14.2 Å². The number of alkyl halides is 1. The summed E-state index contributed by atoms with van der Waals surface area (Å²) in [6.45, 7) is 0.889. The lowest BCUT2D eigenvalue weighted by Gasteiger charge is -2.34. The van der Waals surface area contributed by atoms with Gasteiger partial charge in [0.25, 0.3) is 0 Å². The molecule has 1 saturated carbocycles. The Morgan fingerprint density at radius 2 is 1.76 bits per heavy atom. The lowest BCUT2D eigenvalue weighted by molar-refractivity contribution is 0.0950. The molecule has 1 aliphatic rings. The molecule has 1 aliphatic carbocycles. The van der Waals surface area contributed by atoms with Gasteiger partial charge in [-0.1, -0.05) is 11.6 Å². The number of aromatic nitrogens is 7. The highest BCUT2D eigenvalue weighted by atomic mass is 35.5. The number of halogens is 2. The fourth-order valence-corrected chi connectivity index (χ4v) is 5.34. The average molecular weight is 557 g/mol. The first-order valence-corrected chi connectivity index (χ1v) is 13.1. The molecule has 0 aromatic carbocycles. The second-order valence-corrected chi connectivity index (χ2v) is 10.8. The minimum Gasteiger partial charge on any atom is -0.479 e. The van der Waals surface area contributed by atoms with Crippen molar-refractivity contribution < 1.29 is 27.0 Å². The van der Waals surface area contributed by atoms with Gasteiger partial charge in [0.05, 0.1) is 25.9 Å². The molecule has 0 radical (unpaired) electrons. The minimum absolute atomic E-state index is 0.0850. The van der Waals surface area contributed by atoms with Crippen molar-refractivity contribution in [3.63, 3.8) is 0 Å². The van der Waals surface area contributed by atoms with Crippen LogP contribution in [-0.4, -0.2) is 76.4 Å². The van der Waals surface area contributed by atoms with E-state index in [1.165, 1.54) is 51.5 Å². The van der Waals surface area contributed by atoms with Crippen LogP contribution in [0, 0.1) is 5.92 Å². The summed E-state index contributed by atoms with van der Waals surface area (Å²) >= 11 is 5.86. The fourth-order valence-electron chi connectivity index (χ4n) is 4.11. The molecule has 1 fully saturated rings. The molecule has 0 saturated heterocycles. The van der Waals surface area contributed by atoms with Crippen LogP contribution in [0.1, 0.15) is 43.4 Å². The molecule has 2 unspecified atom stereocenters. The summed E-state index contributed by atoms with van der Waals surface area (Å²) in [5, 5.41) is 7.44. The number of nitrogens with one attached hydrogen (secondary N) is 1. The first-order chi connectivity index (χ1) is 17.7. The smallest absolute Gasteiger partial charge is 0.245 e. The van der Waals surface area contributed by atoms with Gasteiger partial charge < -0.3 is 14.2 Å². The van der Waals surface area contributed by atoms with E-state index in [0.717, 1.165) is 0 Å². The molecule has 3 aromatic rings. The Hall–Kier alpha value is -3.17. The minimum atomic E-state index is -4.18. The summed E-state index contributed by atoms with van der Waals surface area (Å²) in [7, 11) is -0.0472. The van der Waals surface area contributed by atoms with Gasteiger partial charge in [-0.05, 0) is 25.7 Å². The van der Waals surface area contributed by atoms with Crippen molar-refractivity contribution in [2.24, 2.45) is 5.92 Å². The predicted octanol–water partition coefficient (Wildman–Crippen LogP) is 2.50. The van der Waals surface area contributed by atoms with Gasteiger partial charge in [0.2, 0.25) is 27.7 Å². The number of methoxy groups -OCH3 is 3. The van der Waals surface area contributed by atoms with Gasteiger partial charge >= 0.3 is 0 Å². The van der Waals surface area contributed by atoms with Crippen LogP contribution in [0.5, 0.6) is 11.8 Å². The van der Waals surface area contributed by atoms with Gasteiger partial charge in [-0.15, -0.1) is 10.2 Å². The van der Waals surface area contributed by atoms with Crippen LogP contribution in [0.4, 0.5) is 10.3 Å². The van der Waals surface area contributed by atoms with Gasteiger partial charge in [-0.25, -0.2) is 18.4 Å². The van der Waals surface area contributed by atoms with E-state index < -0.39 is 28.1 Å². The average Bonchev–Trinajstić information content (AvgIpc) is 3.25. The fraction of sp³-hybridized carbons (Fsp3) is 0.524. The van der Waals surface area contributed by atoms with Gasteiger partial charge in [0, 0.05) is 25.4 Å². The van der Waals surface area contributed by atoms with Crippen LogP contribution >= 0.6 is 11.6 Å². The molecule has 0 spiro atoms. The van der Waals surface area contributed by atoms with Gasteiger partial charge in [0.1, 0.15) is 23.5 Å². The quantitative estimate of drug-likeness (QED) is 0.370. The van der Waals surface area contributed by atoms with Crippen LogP contribution in [0.2, 0.25) is 5.02 Å². The Labute approximate surface area is 217 Å². The van der Waals surface area contributed by atoms with Gasteiger partial charge in [-0.3, -0.25) is 13.7 Å². The van der Waals surface area contributed by atoms with Crippen molar-refractivity contribution >= 4 is 27.6 Å². The lowest BCUT2D eigenvalue weighted by atomic mass is 9.74. The molecule has 0 aliphatic heterocycles. The summed E-state index contributed by atoms with van der Waals surface area (Å²) < 4.78 is 60.7. The van der Waals surface area contributed by atoms with Crippen LogP contribution in [-0.2, 0) is 14.8 Å². The molecule has 200 valence electrons. The number of anilines is 1. The van der Waals surface area contributed by atoms with Crippen LogP contribution in [0.25, 0.3) is 5.69 Å². The van der Waals surface area contributed by atoms with Crippen molar-refractivity contribution in [2.45, 2.75) is 37.0 Å². The molecule has 1 N–H and O–H groups in total. The van der Waals surface area contributed by atoms with Crippen molar-refractivity contribution in [1.82, 2.24) is 34.7 Å². The maximum Gasteiger partial charge on any atom is 0.245 e. The second-order valence-electron chi connectivity index (χ2n) is 8.32. The molecule has 0 bridgehead atoms. The monoisotopic (exact) mass is 556 g/mol. The summed E-state index contributed by atoms with van der Waals surface area (Å²) in [4.78, 5) is 16.4. The van der Waals surface area contributed by atoms with Gasteiger partial charge in [0.15, 0.2) is 11.5 Å². The first-order valence-electron chi connectivity index (χ1n) is 11.2. The van der Waals surface area contributed by atoms with E-state index in [0.29, 0.717) is 23.7 Å². The Morgan fingerprint density at radius 3 is 2.27 bits per heavy atom. The van der Waals surface area contributed by atoms with Crippen molar-refractivity contribution in [3.8, 4) is 17.4 Å². The maximum atomic E-state index is 13.6. The molecule has 13 nitrogen and oxygen atoms in total. The number of sulfonamides is 1. The predicted molar refractivity (Wildman–Crippen MR) is 130 cm³/mol. The zero-order valence-electron chi connectivity index (χ0n) is 20.5. The lowest BCUT2D eigenvalue weighted by Crippen LogP contribution is -2.34. The van der Waals surface area contributed by atoms with Crippen molar-refractivity contribution in [2.75, 3.05) is 32.7 Å². The Balaban J connectivity index is 1.78. The topological polar surface area (TPSA) is 156 Å². The Bertz CT molecular complexity index is 1320. The van der Waals surface area contributed by atoms with Crippen LogP contribution in [0.15, 0.2) is 18.7 Å². The molecule has 4 rings (SSSR count). The first kappa shape index (κ1) is 26.9. The number of rotatable bonds is 11. The number of hydrogen-bond acceptors (Lipinski definition) is 11.